The van der Waals surface area contributed by atoms with Crippen LogP contribution in [0.5, 0.6) is 0 Å². The molecule has 2 aromatic rings. The highest BCUT2D eigenvalue weighted by atomic mass is 127. The van der Waals surface area contributed by atoms with Gasteiger partial charge in [0, 0.05) is 18.1 Å². The first-order chi connectivity index (χ1) is 11.3. The largest absolute Gasteiger partial charge is 0.370 e. The van der Waals surface area contributed by atoms with E-state index in [1.54, 1.807) is 6.07 Å². The Labute approximate surface area is 165 Å². The molecule has 0 amide bonds. The summed E-state index contributed by atoms with van der Waals surface area (Å²) in [5, 5.41) is 3.02. The maximum atomic E-state index is 11.8. The zero-order chi connectivity index (χ0) is 17.7. The third-order valence-corrected chi connectivity index (χ3v) is 4.64. The number of pyridine rings is 1. The molecule has 136 valence electrons. The summed E-state index contributed by atoms with van der Waals surface area (Å²) in [5.74, 6) is 0.622. The Balaban J connectivity index is 0.00000312. The number of halogens is 1. The maximum Gasteiger partial charge on any atom is 0.193 e. The van der Waals surface area contributed by atoms with Crippen molar-refractivity contribution in [3.63, 3.8) is 0 Å². The average Bonchev–Trinajstić information content (AvgIpc) is 2.52. The summed E-state index contributed by atoms with van der Waals surface area (Å²) in [4.78, 5) is 8.46. The second-order valence-electron chi connectivity index (χ2n) is 5.83. The van der Waals surface area contributed by atoms with E-state index >= 15 is 0 Å². The second kappa shape index (κ2) is 9.14. The smallest absolute Gasteiger partial charge is 0.193 e. The molecule has 8 heteroatoms. The molecule has 1 heterocycles. The fourth-order valence-electron chi connectivity index (χ4n) is 2.20. The Kier molecular flexibility index (Phi) is 7.81. The first kappa shape index (κ1) is 21.4. The molecular formula is C17H23IN4O2S. The minimum atomic E-state index is -3.35. The van der Waals surface area contributed by atoms with Gasteiger partial charge in [-0.1, -0.05) is 26.0 Å². The lowest BCUT2D eigenvalue weighted by Gasteiger charge is -2.10. The third kappa shape index (κ3) is 6.28. The van der Waals surface area contributed by atoms with E-state index in [1.165, 1.54) is 17.8 Å². The van der Waals surface area contributed by atoms with Crippen LogP contribution in [0.4, 0.5) is 5.69 Å². The minimum Gasteiger partial charge on any atom is -0.370 e. The number of hydrogen-bond donors (Lipinski definition) is 2. The van der Waals surface area contributed by atoms with E-state index in [4.69, 9.17) is 5.73 Å². The van der Waals surface area contributed by atoms with Crippen molar-refractivity contribution in [3.05, 3.63) is 53.9 Å². The number of nitrogens with two attached hydrogens (primary N) is 1. The van der Waals surface area contributed by atoms with Gasteiger partial charge >= 0.3 is 0 Å². The highest BCUT2D eigenvalue weighted by Crippen LogP contribution is 2.18. The maximum absolute atomic E-state index is 11.8. The highest BCUT2D eigenvalue weighted by molar-refractivity contribution is 14.0. The number of hydrogen-bond acceptors (Lipinski definition) is 4. The average molecular weight is 474 g/mol. The van der Waals surface area contributed by atoms with E-state index in [0.29, 0.717) is 11.6 Å². The number of rotatable bonds is 5. The predicted molar refractivity (Wildman–Crippen MR) is 112 cm³/mol. The fraction of sp³-hybridized carbons (Fsp3) is 0.294. The molecule has 0 aliphatic heterocycles. The first-order valence-corrected chi connectivity index (χ1v) is 9.47. The van der Waals surface area contributed by atoms with Crippen molar-refractivity contribution in [2.24, 2.45) is 10.7 Å². The minimum absolute atomic E-state index is 0. The van der Waals surface area contributed by atoms with Gasteiger partial charge in [-0.15, -0.1) is 24.0 Å². The van der Waals surface area contributed by atoms with Crippen LogP contribution in [0, 0.1) is 0 Å². The van der Waals surface area contributed by atoms with E-state index in [1.807, 2.05) is 18.2 Å². The summed E-state index contributed by atoms with van der Waals surface area (Å²) >= 11 is 0. The molecule has 25 heavy (non-hydrogen) atoms. The summed E-state index contributed by atoms with van der Waals surface area (Å²) in [5.41, 5.74) is 8.31. The Hall–Kier alpha value is -1.68. The SMILES string of the molecule is CC(C)c1cccc(NC(N)=NCc2ncccc2S(C)(=O)=O)c1.I. The monoisotopic (exact) mass is 474 g/mol. The summed E-state index contributed by atoms with van der Waals surface area (Å²) in [6.45, 7) is 4.32. The molecule has 0 spiro atoms. The molecule has 0 bridgehead atoms. The molecule has 0 saturated carbocycles. The second-order valence-corrected chi connectivity index (χ2v) is 7.81. The van der Waals surface area contributed by atoms with Crippen LogP contribution in [0.25, 0.3) is 0 Å². The molecule has 0 aliphatic carbocycles. The summed E-state index contributed by atoms with van der Waals surface area (Å²) < 4.78 is 23.5. The van der Waals surface area contributed by atoms with Gasteiger partial charge in [-0.2, -0.15) is 0 Å². The van der Waals surface area contributed by atoms with Crippen LogP contribution < -0.4 is 11.1 Å². The Morgan fingerprint density at radius 3 is 2.64 bits per heavy atom. The molecule has 0 radical (unpaired) electrons. The lowest BCUT2D eigenvalue weighted by Crippen LogP contribution is -2.23. The Morgan fingerprint density at radius 2 is 2.00 bits per heavy atom. The normalized spacial score (nSPS) is 11.9. The van der Waals surface area contributed by atoms with Crippen molar-refractivity contribution in [1.29, 1.82) is 0 Å². The number of aromatic nitrogens is 1. The van der Waals surface area contributed by atoms with Crippen LogP contribution in [-0.2, 0) is 16.4 Å². The van der Waals surface area contributed by atoms with Crippen LogP contribution in [0.3, 0.4) is 0 Å². The van der Waals surface area contributed by atoms with Gasteiger partial charge in [0.2, 0.25) is 0 Å². The zero-order valence-corrected chi connectivity index (χ0v) is 17.6. The van der Waals surface area contributed by atoms with E-state index in [0.717, 1.165) is 11.9 Å². The molecule has 0 saturated heterocycles. The summed E-state index contributed by atoms with van der Waals surface area (Å²) in [6.07, 6.45) is 2.69. The molecule has 0 atom stereocenters. The van der Waals surface area contributed by atoms with E-state index in [2.05, 4.69) is 35.2 Å². The van der Waals surface area contributed by atoms with Gasteiger partial charge < -0.3 is 11.1 Å². The van der Waals surface area contributed by atoms with Crippen molar-refractivity contribution in [2.45, 2.75) is 31.2 Å². The van der Waals surface area contributed by atoms with Crippen molar-refractivity contribution in [3.8, 4) is 0 Å². The van der Waals surface area contributed by atoms with Gasteiger partial charge in [0.1, 0.15) is 0 Å². The molecular weight excluding hydrogens is 451 g/mol. The zero-order valence-electron chi connectivity index (χ0n) is 14.4. The van der Waals surface area contributed by atoms with Crippen molar-refractivity contribution >= 4 is 45.5 Å². The van der Waals surface area contributed by atoms with Gasteiger partial charge in [0.15, 0.2) is 15.8 Å². The van der Waals surface area contributed by atoms with E-state index in [-0.39, 0.29) is 41.4 Å². The Bertz CT molecular complexity index is 851. The van der Waals surface area contributed by atoms with Crippen molar-refractivity contribution in [1.82, 2.24) is 4.98 Å². The van der Waals surface area contributed by atoms with Gasteiger partial charge in [-0.05, 0) is 35.7 Å². The summed E-state index contributed by atoms with van der Waals surface area (Å²) in [6, 6.07) is 11.0. The van der Waals surface area contributed by atoms with Crippen LogP contribution in [0.15, 0.2) is 52.5 Å². The molecule has 6 nitrogen and oxygen atoms in total. The van der Waals surface area contributed by atoms with Crippen molar-refractivity contribution < 1.29 is 8.42 Å². The Morgan fingerprint density at radius 1 is 1.28 bits per heavy atom. The number of anilines is 1. The van der Waals surface area contributed by atoms with E-state index < -0.39 is 9.84 Å². The van der Waals surface area contributed by atoms with Crippen LogP contribution in [0.2, 0.25) is 0 Å². The molecule has 0 aliphatic rings. The topological polar surface area (TPSA) is 97.4 Å². The van der Waals surface area contributed by atoms with Crippen LogP contribution in [-0.4, -0.2) is 25.6 Å². The standard InChI is InChI=1S/C17H22N4O2S.HI/c1-12(2)13-6-4-7-14(10-13)21-17(18)20-11-15-16(24(3,22)23)8-5-9-19-15;/h4-10,12H,11H2,1-3H3,(H3,18,20,21);1H. The van der Waals surface area contributed by atoms with Gasteiger partial charge in [-0.25, -0.2) is 13.4 Å². The molecule has 0 unspecified atom stereocenters. The van der Waals surface area contributed by atoms with Crippen molar-refractivity contribution in [2.75, 3.05) is 11.6 Å². The van der Waals surface area contributed by atoms with Crippen LogP contribution >= 0.6 is 24.0 Å². The quantitative estimate of drug-likeness (QED) is 0.394. The number of nitrogens with one attached hydrogen (secondary N) is 1. The molecule has 1 aromatic heterocycles. The lowest BCUT2D eigenvalue weighted by atomic mass is 10.0. The number of nitrogens with zero attached hydrogens (tertiary/aromatic N) is 2. The lowest BCUT2D eigenvalue weighted by molar-refractivity contribution is 0.600. The number of guanidine groups is 1. The predicted octanol–water partition coefficient (Wildman–Crippen LogP) is 3.15. The third-order valence-electron chi connectivity index (χ3n) is 3.47. The van der Waals surface area contributed by atoms with Gasteiger partial charge in [0.25, 0.3) is 0 Å². The highest BCUT2D eigenvalue weighted by Gasteiger charge is 2.13. The molecule has 0 fully saturated rings. The number of sulfone groups is 1. The van der Waals surface area contributed by atoms with Gasteiger partial charge in [-0.3, -0.25) is 4.98 Å². The number of aliphatic imine (C=N–C) groups is 1. The van der Waals surface area contributed by atoms with E-state index in [9.17, 15) is 8.42 Å². The molecule has 1 aromatic carbocycles. The fourth-order valence-corrected chi connectivity index (χ4v) is 3.07. The van der Waals surface area contributed by atoms with Gasteiger partial charge in [0.05, 0.1) is 17.1 Å². The first-order valence-electron chi connectivity index (χ1n) is 7.58. The van der Waals surface area contributed by atoms with Crippen LogP contribution in [0.1, 0.15) is 31.0 Å². The number of benzene rings is 1. The molecule has 3 N–H and O–H groups in total. The molecule has 2 rings (SSSR count). The summed E-state index contributed by atoms with van der Waals surface area (Å²) in [7, 11) is -3.35.